The fraction of sp³-hybridized carbons (Fsp3) is 0.364. The minimum absolute atomic E-state index is 0.182. The van der Waals surface area contributed by atoms with Crippen LogP contribution in [-0.4, -0.2) is 17.5 Å². The van der Waals surface area contributed by atoms with Crippen LogP contribution in [0.1, 0.15) is 17.5 Å². The smallest absolute Gasteiger partial charge is 0.124 e. The number of benzene rings is 1. The lowest BCUT2D eigenvalue weighted by molar-refractivity contribution is 0.296. The molecule has 0 aliphatic heterocycles. The molecular weight excluding hydrogens is 213 g/mol. The summed E-state index contributed by atoms with van der Waals surface area (Å²) < 4.78 is 12.8. The van der Waals surface area contributed by atoms with Crippen molar-refractivity contribution in [2.24, 2.45) is 0 Å². The number of rotatable bonds is 5. The summed E-state index contributed by atoms with van der Waals surface area (Å²) in [6, 6.07) is 6.23. The third-order valence-electron chi connectivity index (χ3n) is 1.90. The van der Waals surface area contributed by atoms with E-state index >= 15 is 0 Å². The molecule has 0 saturated carbocycles. The summed E-state index contributed by atoms with van der Waals surface area (Å²) in [7, 11) is 0. The highest BCUT2D eigenvalue weighted by Crippen LogP contribution is 2.17. The molecule has 0 unspecified atom stereocenters. The number of hydrogen-bond acceptors (Lipinski definition) is 3. The predicted octanol–water partition coefficient (Wildman–Crippen LogP) is 2.31. The number of aliphatic hydroxyl groups is 1. The van der Waals surface area contributed by atoms with Gasteiger partial charge in [0.2, 0.25) is 0 Å². The first-order valence-corrected chi connectivity index (χ1v) is 5.80. The third kappa shape index (κ3) is 3.90. The van der Waals surface area contributed by atoms with Gasteiger partial charge in [-0.1, -0.05) is 6.07 Å². The number of aliphatic hydroxyl groups excluding tert-OH is 1. The zero-order valence-electron chi connectivity index (χ0n) is 8.24. The number of nitriles is 1. The normalized spacial score (nSPS) is 9.93. The first-order valence-electron chi connectivity index (χ1n) is 4.65. The van der Waals surface area contributed by atoms with Crippen molar-refractivity contribution in [3.8, 4) is 6.07 Å². The zero-order chi connectivity index (χ0) is 11.1. The summed E-state index contributed by atoms with van der Waals surface area (Å²) in [4.78, 5) is 0. The summed E-state index contributed by atoms with van der Waals surface area (Å²) in [6.07, 6.45) is 0.744. The molecule has 0 aliphatic carbocycles. The van der Waals surface area contributed by atoms with Crippen molar-refractivity contribution in [1.82, 2.24) is 0 Å². The first kappa shape index (κ1) is 12.0. The molecule has 0 bridgehead atoms. The van der Waals surface area contributed by atoms with Crippen LogP contribution < -0.4 is 0 Å². The molecule has 0 spiro atoms. The minimum Gasteiger partial charge on any atom is -0.396 e. The molecule has 15 heavy (non-hydrogen) atoms. The molecule has 0 amide bonds. The molecule has 0 heterocycles. The maximum Gasteiger partial charge on any atom is 0.124 e. The van der Waals surface area contributed by atoms with E-state index in [4.69, 9.17) is 10.4 Å². The molecule has 0 radical (unpaired) electrons. The Bertz CT molecular complexity index is 362. The largest absolute Gasteiger partial charge is 0.396 e. The molecule has 2 nitrogen and oxygen atoms in total. The quantitative estimate of drug-likeness (QED) is 0.782. The number of hydrogen-bond donors (Lipinski definition) is 1. The van der Waals surface area contributed by atoms with Crippen molar-refractivity contribution in [1.29, 1.82) is 5.26 Å². The third-order valence-corrected chi connectivity index (χ3v) is 2.99. The van der Waals surface area contributed by atoms with Crippen molar-refractivity contribution in [3.05, 3.63) is 35.1 Å². The Morgan fingerprint density at radius 3 is 2.93 bits per heavy atom. The van der Waals surface area contributed by atoms with Crippen LogP contribution in [-0.2, 0) is 5.75 Å². The summed E-state index contributed by atoms with van der Waals surface area (Å²) >= 11 is 1.63. The maximum atomic E-state index is 12.8. The van der Waals surface area contributed by atoms with Crippen LogP contribution >= 0.6 is 11.8 Å². The average molecular weight is 225 g/mol. The minimum atomic E-state index is -0.379. The van der Waals surface area contributed by atoms with Crippen LogP contribution in [0.3, 0.4) is 0 Å². The Hall–Kier alpha value is -1.05. The molecule has 0 aromatic heterocycles. The highest BCUT2D eigenvalue weighted by atomic mass is 32.2. The van der Waals surface area contributed by atoms with Crippen LogP contribution in [0.25, 0.3) is 0 Å². The molecule has 1 aromatic carbocycles. The summed E-state index contributed by atoms with van der Waals surface area (Å²) in [5.41, 5.74) is 1.24. The second kappa shape index (κ2) is 6.44. The summed E-state index contributed by atoms with van der Waals surface area (Å²) in [5.74, 6) is 1.15. The molecule has 0 aliphatic rings. The molecule has 1 N–H and O–H groups in total. The van der Waals surface area contributed by atoms with Crippen LogP contribution in [0.5, 0.6) is 0 Å². The number of nitrogens with zero attached hydrogens (tertiary/aromatic N) is 1. The lowest BCUT2D eigenvalue weighted by Crippen LogP contribution is -1.91. The molecule has 1 rings (SSSR count). The molecule has 1 aromatic rings. The summed E-state index contributed by atoms with van der Waals surface area (Å²) in [5, 5.41) is 17.4. The maximum absolute atomic E-state index is 12.8. The van der Waals surface area contributed by atoms with Gasteiger partial charge >= 0.3 is 0 Å². The second-order valence-electron chi connectivity index (χ2n) is 3.04. The Morgan fingerprint density at radius 1 is 1.47 bits per heavy atom. The fourth-order valence-electron chi connectivity index (χ4n) is 1.13. The van der Waals surface area contributed by atoms with Gasteiger partial charge in [0.15, 0.2) is 0 Å². The zero-order valence-corrected chi connectivity index (χ0v) is 9.06. The van der Waals surface area contributed by atoms with E-state index < -0.39 is 0 Å². The van der Waals surface area contributed by atoms with E-state index in [9.17, 15) is 4.39 Å². The van der Waals surface area contributed by atoms with E-state index in [1.165, 1.54) is 12.1 Å². The van der Waals surface area contributed by atoms with Gasteiger partial charge in [0.1, 0.15) is 5.82 Å². The highest BCUT2D eigenvalue weighted by molar-refractivity contribution is 7.98. The van der Waals surface area contributed by atoms with Gasteiger partial charge in [0.05, 0.1) is 11.6 Å². The van der Waals surface area contributed by atoms with Gasteiger partial charge in [-0.25, -0.2) is 4.39 Å². The van der Waals surface area contributed by atoms with Crippen molar-refractivity contribution in [3.63, 3.8) is 0 Å². The van der Waals surface area contributed by atoms with Gasteiger partial charge in [-0.05, 0) is 29.9 Å². The molecule has 0 fully saturated rings. The van der Waals surface area contributed by atoms with Gasteiger partial charge < -0.3 is 5.11 Å². The predicted molar refractivity (Wildman–Crippen MR) is 59.0 cm³/mol. The number of thioether (sulfide) groups is 1. The lowest BCUT2D eigenvalue weighted by Gasteiger charge is -2.03. The Morgan fingerprint density at radius 2 is 2.27 bits per heavy atom. The van der Waals surface area contributed by atoms with E-state index in [0.29, 0.717) is 11.3 Å². The van der Waals surface area contributed by atoms with Gasteiger partial charge in [0.25, 0.3) is 0 Å². The Balaban J connectivity index is 2.57. The monoisotopic (exact) mass is 225 g/mol. The first-order chi connectivity index (χ1) is 7.27. The van der Waals surface area contributed by atoms with E-state index in [0.717, 1.165) is 17.7 Å². The SMILES string of the molecule is N#Cc1cc(F)ccc1CSCCCO. The van der Waals surface area contributed by atoms with Gasteiger partial charge in [-0.15, -0.1) is 0 Å². The lowest BCUT2D eigenvalue weighted by atomic mass is 10.1. The van der Waals surface area contributed by atoms with E-state index in [1.54, 1.807) is 17.8 Å². The van der Waals surface area contributed by atoms with Crippen molar-refractivity contribution in [2.75, 3.05) is 12.4 Å². The van der Waals surface area contributed by atoms with Crippen molar-refractivity contribution in [2.45, 2.75) is 12.2 Å². The topological polar surface area (TPSA) is 44.0 Å². The van der Waals surface area contributed by atoms with Gasteiger partial charge in [-0.3, -0.25) is 0 Å². The van der Waals surface area contributed by atoms with Crippen molar-refractivity contribution >= 4 is 11.8 Å². The van der Waals surface area contributed by atoms with Crippen molar-refractivity contribution < 1.29 is 9.50 Å². The second-order valence-corrected chi connectivity index (χ2v) is 4.15. The van der Waals surface area contributed by atoms with E-state index in [2.05, 4.69) is 0 Å². The molecule has 4 heteroatoms. The van der Waals surface area contributed by atoms with Crippen LogP contribution in [0.4, 0.5) is 4.39 Å². The number of halogens is 1. The standard InChI is InChI=1S/C11H12FNOS/c12-11-3-2-9(10(6-11)7-13)8-15-5-1-4-14/h2-3,6,14H,1,4-5,8H2. The van der Waals surface area contributed by atoms with E-state index in [-0.39, 0.29) is 12.4 Å². The molecular formula is C11H12FNOS. The molecule has 0 saturated heterocycles. The van der Waals surface area contributed by atoms with Gasteiger partial charge in [0, 0.05) is 12.4 Å². The van der Waals surface area contributed by atoms with E-state index in [1.807, 2.05) is 6.07 Å². The van der Waals surface area contributed by atoms with Crippen LogP contribution in [0.15, 0.2) is 18.2 Å². The van der Waals surface area contributed by atoms with Crippen LogP contribution in [0, 0.1) is 17.1 Å². The highest BCUT2D eigenvalue weighted by Gasteiger charge is 2.03. The average Bonchev–Trinajstić information content (AvgIpc) is 2.26. The molecule has 0 atom stereocenters. The van der Waals surface area contributed by atoms with Gasteiger partial charge in [-0.2, -0.15) is 17.0 Å². The van der Waals surface area contributed by atoms with Crippen LogP contribution in [0.2, 0.25) is 0 Å². The Kier molecular flexibility index (Phi) is 5.16. The summed E-state index contributed by atoms with van der Waals surface area (Å²) in [6.45, 7) is 0.182. The Labute approximate surface area is 92.7 Å². The molecule has 80 valence electrons. The fourth-order valence-corrected chi connectivity index (χ4v) is 2.08.